The van der Waals surface area contributed by atoms with Crippen LogP contribution in [0.25, 0.3) is 0 Å². The molecule has 1 amide bonds. The minimum atomic E-state index is 0.128. The first kappa shape index (κ1) is 17.7. The second-order valence-corrected chi connectivity index (χ2v) is 6.72. The van der Waals surface area contributed by atoms with Crippen LogP contribution < -0.4 is 11.1 Å². The number of likely N-dealkylation sites (tertiary alicyclic amines) is 1. The Morgan fingerprint density at radius 1 is 1.32 bits per heavy atom. The Bertz CT molecular complexity index is 622. The number of nitrogens with zero attached hydrogens (tertiary/aromatic N) is 2. The van der Waals surface area contributed by atoms with E-state index in [0.717, 1.165) is 52.0 Å². The van der Waals surface area contributed by atoms with Crippen LogP contribution in [-0.4, -0.2) is 53.8 Å². The van der Waals surface area contributed by atoms with E-state index in [1.54, 1.807) is 12.3 Å². The Morgan fingerprint density at radius 2 is 2.04 bits per heavy atom. The zero-order chi connectivity index (χ0) is 17.6. The minimum absolute atomic E-state index is 0.128. The van der Waals surface area contributed by atoms with Gasteiger partial charge in [-0.1, -0.05) is 0 Å². The van der Waals surface area contributed by atoms with Crippen molar-refractivity contribution in [2.45, 2.75) is 44.6 Å². The van der Waals surface area contributed by atoms with Gasteiger partial charge >= 0.3 is 0 Å². The van der Waals surface area contributed by atoms with Gasteiger partial charge < -0.3 is 26.1 Å². The fourth-order valence-electron chi connectivity index (χ4n) is 3.42. The third kappa shape index (κ3) is 4.48. The van der Waals surface area contributed by atoms with E-state index in [1.807, 2.05) is 4.90 Å². The summed E-state index contributed by atoms with van der Waals surface area (Å²) >= 11 is 0. The van der Waals surface area contributed by atoms with Crippen LogP contribution in [0.2, 0.25) is 0 Å². The van der Waals surface area contributed by atoms with Crippen LogP contribution in [0, 0.1) is 5.41 Å². The maximum Gasteiger partial charge on any atom is 0.222 e. The highest BCUT2D eigenvalue weighted by Gasteiger charge is 2.21. The Kier molecular flexibility index (Phi) is 5.86. The molecule has 2 aliphatic rings. The van der Waals surface area contributed by atoms with Gasteiger partial charge in [0, 0.05) is 56.4 Å². The van der Waals surface area contributed by atoms with E-state index >= 15 is 0 Å². The first-order valence-corrected chi connectivity index (χ1v) is 9.09. The molecule has 0 aromatic carbocycles. The molecule has 2 saturated heterocycles. The van der Waals surface area contributed by atoms with Crippen molar-refractivity contribution >= 4 is 23.1 Å². The average molecular weight is 345 g/mol. The number of hydrogen-bond donors (Lipinski definition) is 3. The fraction of sp³-hybridized carbons (Fsp3) is 0.611. The quantitative estimate of drug-likeness (QED) is 0.684. The molecule has 1 aromatic heterocycles. The summed E-state index contributed by atoms with van der Waals surface area (Å²) in [5, 5.41) is 11.8. The van der Waals surface area contributed by atoms with Gasteiger partial charge in [-0.25, -0.2) is 4.98 Å². The Labute approximate surface area is 148 Å². The number of carbonyl (C=O) groups is 1. The molecule has 1 aromatic rings. The van der Waals surface area contributed by atoms with Crippen molar-refractivity contribution in [2.75, 3.05) is 37.4 Å². The van der Waals surface area contributed by atoms with E-state index < -0.39 is 0 Å². The number of hydrogen-bond acceptors (Lipinski definition) is 6. The van der Waals surface area contributed by atoms with Gasteiger partial charge in [-0.3, -0.25) is 4.79 Å². The van der Waals surface area contributed by atoms with Crippen molar-refractivity contribution < 1.29 is 9.53 Å². The number of pyridine rings is 1. The molecule has 2 aliphatic heterocycles. The zero-order valence-electron chi connectivity index (χ0n) is 14.6. The molecule has 4 N–H and O–H groups in total. The SMILES string of the molecule is N=C(CCC(=O)N1CCCC1)c1c(N)ccnc1NC1CCOCC1. The maximum absolute atomic E-state index is 12.2. The van der Waals surface area contributed by atoms with Crippen molar-refractivity contribution in [3.63, 3.8) is 0 Å². The highest BCUT2D eigenvalue weighted by Crippen LogP contribution is 2.24. The molecule has 0 saturated carbocycles. The van der Waals surface area contributed by atoms with Crippen LogP contribution in [0.3, 0.4) is 0 Å². The number of nitrogens with one attached hydrogen (secondary N) is 2. The van der Waals surface area contributed by atoms with Crippen molar-refractivity contribution in [3.8, 4) is 0 Å². The number of anilines is 2. The van der Waals surface area contributed by atoms with Gasteiger partial charge in [0.1, 0.15) is 5.82 Å². The lowest BCUT2D eigenvalue weighted by Gasteiger charge is -2.25. The van der Waals surface area contributed by atoms with E-state index in [2.05, 4.69) is 10.3 Å². The monoisotopic (exact) mass is 345 g/mol. The second-order valence-electron chi connectivity index (χ2n) is 6.72. The van der Waals surface area contributed by atoms with E-state index in [-0.39, 0.29) is 11.9 Å². The highest BCUT2D eigenvalue weighted by molar-refractivity contribution is 6.07. The van der Waals surface area contributed by atoms with Gasteiger partial charge in [0.25, 0.3) is 0 Å². The third-order valence-electron chi connectivity index (χ3n) is 4.89. The Morgan fingerprint density at radius 3 is 2.76 bits per heavy atom. The first-order valence-electron chi connectivity index (χ1n) is 9.09. The predicted octanol–water partition coefficient (Wildman–Crippen LogP) is 2.03. The van der Waals surface area contributed by atoms with Crippen LogP contribution in [-0.2, 0) is 9.53 Å². The summed E-state index contributed by atoms with van der Waals surface area (Å²) in [7, 11) is 0. The third-order valence-corrected chi connectivity index (χ3v) is 4.89. The number of amides is 1. The molecule has 2 fully saturated rings. The largest absolute Gasteiger partial charge is 0.398 e. The van der Waals surface area contributed by atoms with E-state index in [1.165, 1.54) is 0 Å². The van der Waals surface area contributed by atoms with Crippen LogP contribution in [0.1, 0.15) is 44.1 Å². The topological polar surface area (TPSA) is 104 Å². The summed E-state index contributed by atoms with van der Waals surface area (Å²) in [5.74, 6) is 0.772. The molecule has 3 heterocycles. The van der Waals surface area contributed by atoms with E-state index in [4.69, 9.17) is 15.9 Å². The first-order chi connectivity index (χ1) is 12.1. The molecular formula is C18H27N5O2. The number of nitrogen functional groups attached to an aromatic ring is 1. The lowest BCUT2D eigenvalue weighted by atomic mass is 10.0. The number of rotatable bonds is 6. The molecule has 0 radical (unpaired) electrons. The van der Waals surface area contributed by atoms with E-state index in [9.17, 15) is 4.79 Å². The Balaban J connectivity index is 1.65. The van der Waals surface area contributed by atoms with Gasteiger partial charge in [-0.05, 0) is 38.2 Å². The lowest BCUT2D eigenvalue weighted by Crippen LogP contribution is -2.30. The van der Waals surface area contributed by atoms with Crippen molar-refractivity contribution in [2.24, 2.45) is 0 Å². The molecule has 3 rings (SSSR count). The fourth-order valence-corrected chi connectivity index (χ4v) is 3.42. The van der Waals surface area contributed by atoms with Gasteiger partial charge in [0.2, 0.25) is 5.91 Å². The number of carbonyl (C=O) groups excluding carboxylic acids is 1. The number of aromatic nitrogens is 1. The van der Waals surface area contributed by atoms with Crippen molar-refractivity contribution in [3.05, 3.63) is 17.8 Å². The summed E-state index contributed by atoms with van der Waals surface area (Å²) < 4.78 is 5.38. The molecule has 0 bridgehead atoms. The molecule has 0 spiro atoms. The summed E-state index contributed by atoms with van der Waals surface area (Å²) in [5.41, 5.74) is 7.64. The zero-order valence-corrected chi connectivity index (χ0v) is 14.6. The van der Waals surface area contributed by atoms with Crippen LogP contribution in [0.5, 0.6) is 0 Å². The van der Waals surface area contributed by atoms with Crippen LogP contribution in [0.15, 0.2) is 12.3 Å². The summed E-state index contributed by atoms with van der Waals surface area (Å²) in [4.78, 5) is 18.5. The standard InChI is InChI=1S/C18H27N5O2/c19-14(3-4-16(24)23-9-1-2-10-23)17-15(20)5-8-21-18(17)22-13-6-11-25-12-7-13/h5,8,13,19H,1-4,6-7,9-12H2,(H3,20,21,22). The molecule has 25 heavy (non-hydrogen) atoms. The summed E-state index contributed by atoms with van der Waals surface area (Å²) in [6, 6.07) is 1.99. The smallest absolute Gasteiger partial charge is 0.222 e. The highest BCUT2D eigenvalue weighted by atomic mass is 16.5. The average Bonchev–Trinajstić information content (AvgIpc) is 3.15. The summed E-state index contributed by atoms with van der Waals surface area (Å²) in [6.45, 7) is 3.16. The second kappa shape index (κ2) is 8.29. The van der Waals surface area contributed by atoms with Crippen molar-refractivity contribution in [1.82, 2.24) is 9.88 Å². The van der Waals surface area contributed by atoms with E-state index in [0.29, 0.717) is 35.6 Å². The van der Waals surface area contributed by atoms with Crippen molar-refractivity contribution in [1.29, 1.82) is 5.41 Å². The molecule has 7 nitrogen and oxygen atoms in total. The molecular weight excluding hydrogens is 318 g/mol. The number of ether oxygens (including phenoxy) is 1. The van der Waals surface area contributed by atoms with Gasteiger partial charge in [0.15, 0.2) is 0 Å². The minimum Gasteiger partial charge on any atom is -0.398 e. The van der Waals surface area contributed by atoms with Crippen LogP contribution in [0.4, 0.5) is 11.5 Å². The molecule has 0 aliphatic carbocycles. The Hall–Kier alpha value is -2.15. The maximum atomic E-state index is 12.2. The number of nitrogens with two attached hydrogens (primary N) is 1. The van der Waals surface area contributed by atoms with Gasteiger partial charge in [-0.15, -0.1) is 0 Å². The van der Waals surface area contributed by atoms with Gasteiger partial charge in [0.05, 0.1) is 5.56 Å². The summed E-state index contributed by atoms with van der Waals surface area (Å²) in [6.07, 6.45) is 6.38. The lowest BCUT2D eigenvalue weighted by molar-refractivity contribution is -0.129. The van der Waals surface area contributed by atoms with Crippen LogP contribution >= 0.6 is 0 Å². The predicted molar refractivity (Wildman–Crippen MR) is 98.0 cm³/mol. The normalized spacial score (nSPS) is 18.3. The molecule has 136 valence electrons. The molecule has 7 heteroatoms. The molecule has 0 unspecified atom stereocenters. The van der Waals surface area contributed by atoms with Gasteiger partial charge in [-0.2, -0.15) is 0 Å². The molecule has 0 atom stereocenters.